The highest BCUT2D eigenvalue weighted by molar-refractivity contribution is 5.92. The van der Waals surface area contributed by atoms with Gasteiger partial charge in [-0.15, -0.1) is 5.10 Å². The molecule has 1 aromatic carbocycles. The predicted octanol–water partition coefficient (Wildman–Crippen LogP) is 1.14. The summed E-state index contributed by atoms with van der Waals surface area (Å²) in [7, 11) is 5.86. The third-order valence-corrected chi connectivity index (χ3v) is 4.96. The summed E-state index contributed by atoms with van der Waals surface area (Å²) in [6.45, 7) is 1.66. The second kappa shape index (κ2) is 8.14. The van der Waals surface area contributed by atoms with Gasteiger partial charge in [0.2, 0.25) is 0 Å². The number of nitrogens with zero attached hydrogens (tertiary/aromatic N) is 7. The maximum absolute atomic E-state index is 13.4. The smallest absolute Gasteiger partial charge is 0.276 e. The van der Waals surface area contributed by atoms with E-state index in [0.717, 1.165) is 11.3 Å². The molecule has 0 radical (unpaired) electrons. The molecule has 2 aromatic heterocycles. The zero-order valence-corrected chi connectivity index (χ0v) is 16.8. The summed E-state index contributed by atoms with van der Waals surface area (Å²) < 4.78 is 9.40. The van der Waals surface area contributed by atoms with Crippen molar-refractivity contribution in [1.82, 2.24) is 34.6 Å². The van der Waals surface area contributed by atoms with E-state index in [-0.39, 0.29) is 18.1 Å². The maximum atomic E-state index is 13.4. The standard InChI is InChI=1S/C20H25N7O2/c1-24(2)14-18-19(15-11-21-25(3)12-15)26(9-10-29-18)20(28)17-13-27(23-22-17)16-7-5-4-6-8-16/h4-8,11-13,18-19H,9-10,14H2,1-3H3/t18-,19-/m0/s1. The summed E-state index contributed by atoms with van der Waals surface area (Å²) >= 11 is 0. The number of para-hydroxylation sites is 1. The lowest BCUT2D eigenvalue weighted by Crippen LogP contribution is -2.51. The zero-order valence-electron chi connectivity index (χ0n) is 16.8. The Bertz CT molecular complexity index is 966. The van der Waals surface area contributed by atoms with Gasteiger partial charge in [0.05, 0.1) is 36.8 Å². The molecule has 1 amide bonds. The Balaban J connectivity index is 1.64. The molecule has 4 rings (SSSR count). The normalized spacial score (nSPS) is 19.7. The fraction of sp³-hybridized carbons (Fsp3) is 0.400. The number of carbonyl (C=O) groups is 1. The van der Waals surface area contributed by atoms with Crippen molar-refractivity contribution in [3.05, 3.63) is 60.2 Å². The van der Waals surface area contributed by atoms with E-state index >= 15 is 0 Å². The summed E-state index contributed by atoms with van der Waals surface area (Å²) in [5, 5.41) is 12.6. The van der Waals surface area contributed by atoms with Crippen LogP contribution in [0.5, 0.6) is 0 Å². The number of hydrogen-bond donors (Lipinski definition) is 0. The molecule has 1 saturated heterocycles. The minimum Gasteiger partial charge on any atom is -0.373 e. The van der Waals surface area contributed by atoms with E-state index in [1.807, 2.05) is 62.6 Å². The third kappa shape index (κ3) is 4.06. The lowest BCUT2D eigenvalue weighted by Gasteiger charge is -2.41. The molecule has 9 nitrogen and oxygen atoms in total. The second-order valence-electron chi connectivity index (χ2n) is 7.45. The van der Waals surface area contributed by atoms with Crippen molar-refractivity contribution >= 4 is 5.91 Å². The Labute approximate surface area is 169 Å². The monoisotopic (exact) mass is 395 g/mol. The van der Waals surface area contributed by atoms with Gasteiger partial charge in [0.15, 0.2) is 5.69 Å². The van der Waals surface area contributed by atoms with E-state index in [9.17, 15) is 4.79 Å². The fourth-order valence-electron chi connectivity index (χ4n) is 3.68. The number of morpholine rings is 1. The Morgan fingerprint density at radius 2 is 2.03 bits per heavy atom. The largest absolute Gasteiger partial charge is 0.373 e. The summed E-state index contributed by atoms with van der Waals surface area (Å²) in [5.41, 5.74) is 2.12. The topological polar surface area (TPSA) is 81.3 Å². The molecule has 0 bridgehead atoms. The molecule has 0 aliphatic carbocycles. The van der Waals surface area contributed by atoms with Crippen LogP contribution in [-0.2, 0) is 11.8 Å². The average molecular weight is 395 g/mol. The molecule has 3 aromatic rings. The third-order valence-electron chi connectivity index (χ3n) is 4.96. The number of aromatic nitrogens is 5. The Morgan fingerprint density at radius 3 is 2.72 bits per heavy atom. The van der Waals surface area contributed by atoms with Gasteiger partial charge in [0, 0.05) is 31.9 Å². The molecule has 1 aliphatic heterocycles. The zero-order chi connectivity index (χ0) is 20.4. The number of carbonyl (C=O) groups excluding carboxylic acids is 1. The molecule has 1 fully saturated rings. The minimum absolute atomic E-state index is 0.156. The Kier molecular flexibility index (Phi) is 5.41. The molecular weight excluding hydrogens is 370 g/mol. The van der Waals surface area contributed by atoms with Crippen LogP contribution in [0, 0.1) is 0 Å². The molecule has 9 heteroatoms. The van der Waals surface area contributed by atoms with Gasteiger partial charge >= 0.3 is 0 Å². The van der Waals surface area contributed by atoms with Crippen LogP contribution in [0.15, 0.2) is 48.9 Å². The first kappa shape index (κ1) is 19.3. The summed E-state index contributed by atoms with van der Waals surface area (Å²) in [5.74, 6) is -0.159. The SMILES string of the molecule is CN(C)C[C@@H]1OCCN(C(=O)c2cn(-c3ccccc3)nn2)[C@H]1c1cnn(C)c1. The predicted molar refractivity (Wildman–Crippen MR) is 107 cm³/mol. The van der Waals surface area contributed by atoms with Gasteiger partial charge in [-0.2, -0.15) is 5.10 Å². The van der Waals surface area contributed by atoms with Crippen molar-refractivity contribution in [2.24, 2.45) is 7.05 Å². The van der Waals surface area contributed by atoms with Gasteiger partial charge in [0.1, 0.15) is 0 Å². The van der Waals surface area contributed by atoms with Crippen molar-refractivity contribution in [3.8, 4) is 5.69 Å². The maximum Gasteiger partial charge on any atom is 0.276 e. The molecule has 0 saturated carbocycles. The first-order valence-electron chi connectivity index (χ1n) is 9.56. The number of ether oxygens (including phenoxy) is 1. The lowest BCUT2D eigenvalue weighted by atomic mass is 10.00. The van der Waals surface area contributed by atoms with Crippen molar-refractivity contribution in [1.29, 1.82) is 0 Å². The summed E-state index contributed by atoms with van der Waals surface area (Å²) in [6, 6.07) is 9.38. The number of likely N-dealkylation sites (N-methyl/N-ethyl adjacent to an activating group) is 1. The van der Waals surface area contributed by atoms with E-state index in [0.29, 0.717) is 25.4 Å². The quantitative estimate of drug-likeness (QED) is 0.645. The summed E-state index contributed by atoms with van der Waals surface area (Å²) in [4.78, 5) is 17.3. The van der Waals surface area contributed by atoms with Crippen molar-refractivity contribution < 1.29 is 9.53 Å². The average Bonchev–Trinajstić information content (AvgIpc) is 3.37. The number of rotatable bonds is 5. The van der Waals surface area contributed by atoms with Gasteiger partial charge in [-0.25, -0.2) is 4.68 Å². The van der Waals surface area contributed by atoms with Crippen LogP contribution in [0.4, 0.5) is 0 Å². The molecule has 1 aliphatic rings. The van der Waals surface area contributed by atoms with Crippen molar-refractivity contribution in [2.45, 2.75) is 12.1 Å². The van der Waals surface area contributed by atoms with E-state index in [2.05, 4.69) is 20.3 Å². The van der Waals surface area contributed by atoms with Crippen LogP contribution in [0.1, 0.15) is 22.1 Å². The van der Waals surface area contributed by atoms with E-state index in [1.54, 1.807) is 21.8 Å². The van der Waals surface area contributed by atoms with Crippen LogP contribution >= 0.6 is 0 Å². The van der Waals surface area contributed by atoms with Gasteiger partial charge in [-0.1, -0.05) is 23.4 Å². The molecule has 0 spiro atoms. The fourth-order valence-corrected chi connectivity index (χ4v) is 3.68. The van der Waals surface area contributed by atoms with Crippen LogP contribution < -0.4 is 0 Å². The van der Waals surface area contributed by atoms with E-state index < -0.39 is 0 Å². The first-order valence-corrected chi connectivity index (χ1v) is 9.56. The van der Waals surface area contributed by atoms with Gasteiger partial charge in [0.25, 0.3) is 5.91 Å². The van der Waals surface area contributed by atoms with Crippen molar-refractivity contribution in [3.63, 3.8) is 0 Å². The molecule has 3 heterocycles. The molecule has 0 N–H and O–H groups in total. The highest BCUT2D eigenvalue weighted by Crippen LogP contribution is 2.31. The van der Waals surface area contributed by atoms with Gasteiger partial charge in [-0.05, 0) is 26.2 Å². The number of aryl methyl sites for hydroxylation is 1. The molecule has 29 heavy (non-hydrogen) atoms. The Morgan fingerprint density at radius 1 is 1.24 bits per heavy atom. The number of amides is 1. The van der Waals surface area contributed by atoms with Gasteiger partial charge in [-0.3, -0.25) is 9.48 Å². The van der Waals surface area contributed by atoms with Gasteiger partial charge < -0.3 is 14.5 Å². The molecule has 0 unspecified atom stereocenters. The summed E-state index contributed by atoms with van der Waals surface area (Å²) in [6.07, 6.45) is 5.25. The second-order valence-corrected chi connectivity index (χ2v) is 7.45. The lowest BCUT2D eigenvalue weighted by molar-refractivity contribution is -0.0686. The minimum atomic E-state index is -0.241. The van der Waals surface area contributed by atoms with E-state index in [4.69, 9.17) is 4.74 Å². The van der Waals surface area contributed by atoms with Crippen LogP contribution in [0.3, 0.4) is 0 Å². The highest BCUT2D eigenvalue weighted by Gasteiger charge is 2.38. The molecule has 152 valence electrons. The highest BCUT2D eigenvalue weighted by atomic mass is 16.5. The molecule has 2 atom stereocenters. The Hall–Kier alpha value is -3.04. The number of benzene rings is 1. The van der Waals surface area contributed by atoms with Crippen molar-refractivity contribution in [2.75, 3.05) is 33.8 Å². The van der Waals surface area contributed by atoms with E-state index in [1.165, 1.54) is 0 Å². The molecular formula is C20H25N7O2. The first-order chi connectivity index (χ1) is 14.0. The van der Waals surface area contributed by atoms with Crippen LogP contribution in [0.25, 0.3) is 5.69 Å². The number of hydrogen-bond acceptors (Lipinski definition) is 6. The van der Waals surface area contributed by atoms with Crippen LogP contribution in [0.2, 0.25) is 0 Å². The van der Waals surface area contributed by atoms with Crippen LogP contribution in [-0.4, -0.2) is 80.4 Å².